The van der Waals surface area contributed by atoms with E-state index in [1.807, 2.05) is 60.7 Å². The summed E-state index contributed by atoms with van der Waals surface area (Å²) in [6, 6.07) is 37.4. The highest BCUT2D eigenvalue weighted by Gasteiger charge is 2.19. The third-order valence-corrected chi connectivity index (χ3v) is 6.21. The maximum Gasteiger partial charge on any atom is 0.238 e. The normalized spacial score (nSPS) is 11.6. The van der Waals surface area contributed by atoms with Crippen LogP contribution in [0.2, 0.25) is 0 Å². The van der Waals surface area contributed by atoms with Crippen LogP contribution in [0.5, 0.6) is 0 Å². The molecule has 0 aliphatic carbocycles. The van der Waals surface area contributed by atoms with Gasteiger partial charge >= 0.3 is 0 Å². The van der Waals surface area contributed by atoms with Gasteiger partial charge in [0.05, 0.1) is 11.0 Å². The summed E-state index contributed by atoms with van der Waals surface area (Å²) < 4.78 is 2.17. The van der Waals surface area contributed by atoms with Gasteiger partial charge in [0, 0.05) is 21.9 Å². The SMILES string of the molecule is c1ccc(-c2nc(-c3ccccc3)nc(-n3c4cccc5ccc6cccc3c6c54)n2)cc1. The molecule has 5 aromatic carbocycles. The molecule has 0 unspecified atom stereocenters. The van der Waals surface area contributed by atoms with Crippen LogP contribution in [0.4, 0.5) is 0 Å². The lowest BCUT2D eigenvalue weighted by molar-refractivity contribution is 0.954. The van der Waals surface area contributed by atoms with Crippen molar-refractivity contribution < 1.29 is 0 Å². The van der Waals surface area contributed by atoms with Crippen LogP contribution in [0.25, 0.3) is 61.3 Å². The van der Waals surface area contributed by atoms with Crippen molar-refractivity contribution in [1.29, 1.82) is 0 Å². The topological polar surface area (TPSA) is 43.6 Å². The summed E-state index contributed by atoms with van der Waals surface area (Å²) in [6.45, 7) is 0. The van der Waals surface area contributed by atoms with Crippen LogP contribution in [0.1, 0.15) is 0 Å². The largest absolute Gasteiger partial charge is 0.278 e. The molecule has 0 atom stereocenters. The smallest absolute Gasteiger partial charge is 0.238 e. The van der Waals surface area contributed by atoms with Gasteiger partial charge in [0.15, 0.2) is 11.6 Å². The minimum absolute atomic E-state index is 0.624. The number of benzene rings is 5. The first kappa shape index (κ1) is 18.0. The molecular formula is C29H18N4. The molecule has 0 bridgehead atoms. The van der Waals surface area contributed by atoms with Crippen LogP contribution in [-0.4, -0.2) is 19.5 Å². The van der Waals surface area contributed by atoms with Gasteiger partial charge in [-0.05, 0) is 22.9 Å². The number of hydrogen-bond donors (Lipinski definition) is 0. The van der Waals surface area contributed by atoms with Crippen LogP contribution >= 0.6 is 0 Å². The van der Waals surface area contributed by atoms with E-state index < -0.39 is 0 Å². The highest BCUT2D eigenvalue weighted by molar-refractivity contribution is 6.24. The van der Waals surface area contributed by atoms with Gasteiger partial charge in [-0.15, -0.1) is 0 Å². The van der Waals surface area contributed by atoms with Gasteiger partial charge in [0.2, 0.25) is 5.95 Å². The van der Waals surface area contributed by atoms with E-state index in [4.69, 9.17) is 15.0 Å². The zero-order chi connectivity index (χ0) is 21.8. The molecule has 0 saturated heterocycles. The minimum atomic E-state index is 0.624. The van der Waals surface area contributed by atoms with E-state index in [2.05, 4.69) is 53.1 Å². The Balaban J connectivity index is 1.60. The van der Waals surface area contributed by atoms with Crippen LogP contribution < -0.4 is 0 Å². The van der Waals surface area contributed by atoms with Crippen LogP contribution in [0.3, 0.4) is 0 Å². The minimum Gasteiger partial charge on any atom is -0.278 e. The molecule has 0 spiro atoms. The van der Waals surface area contributed by atoms with Crippen molar-refractivity contribution in [1.82, 2.24) is 19.5 Å². The zero-order valence-corrected chi connectivity index (χ0v) is 17.7. The Morgan fingerprint density at radius 2 is 0.909 bits per heavy atom. The fraction of sp³-hybridized carbons (Fsp3) is 0. The summed E-state index contributed by atoms with van der Waals surface area (Å²) in [7, 11) is 0. The van der Waals surface area contributed by atoms with Crippen molar-refractivity contribution in [3.8, 4) is 28.7 Å². The Labute approximate surface area is 190 Å². The third-order valence-electron chi connectivity index (χ3n) is 6.21. The number of hydrogen-bond acceptors (Lipinski definition) is 3. The molecule has 0 amide bonds. The van der Waals surface area contributed by atoms with E-state index in [9.17, 15) is 0 Å². The van der Waals surface area contributed by atoms with E-state index in [1.165, 1.54) is 21.5 Å². The summed E-state index contributed by atoms with van der Waals surface area (Å²) in [5, 5.41) is 4.92. The Morgan fingerprint density at radius 1 is 0.424 bits per heavy atom. The summed E-state index contributed by atoms with van der Waals surface area (Å²) >= 11 is 0. The molecule has 33 heavy (non-hydrogen) atoms. The van der Waals surface area contributed by atoms with Gasteiger partial charge in [-0.25, -0.2) is 4.98 Å². The second-order valence-electron chi connectivity index (χ2n) is 8.17. The lowest BCUT2D eigenvalue weighted by atomic mass is 10.0. The monoisotopic (exact) mass is 422 g/mol. The van der Waals surface area contributed by atoms with Gasteiger partial charge in [0.1, 0.15) is 0 Å². The predicted octanol–water partition coefficient (Wildman–Crippen LogP) is 6.89. The molecule has 0 fully saturated rings. The van der Waals surface area contributed by atoms with E-state index in [0.29, 0.717) is 17.6 Å². The Morgan fingerprint density at radius 3 is 1.39 bits per heavy atom. The van der Waals surface area contributed by atoms with Gasteiger partial charge in [-0.3, -0.25) is 4.57 Å². The molecule has 2 aromatic heterocycles. The summed E-state index contributed by atoms with van der Waals surface area (Å²) in [5.41, 5.74) is 4.13. The maximum absolute atomic E-state index is 4.97. The summed E-state index contributed by atoms with van der Waals surface area (Å²) in [4.78, 5) is 14.8. The van der Waals surface area contributed by atoms with Gasteiger partial charge in [0.25, 0.3) is 0 Å². The summed E-state index contributed by atoms with van der Waals surface area (Å²) in [6.07, 6.45) is 0. The van der Waals surface area contributed by atoms with Crippen molar-refractivity contribution in [3.05, 3.63) is 109 Å². The Bertz CT molecular complexity index is 1630. The van der Waals surface area contributed by atoms with Crippen LogP contribution in [0.15, 0.2) is 109 Å². The lowest BCUT2D eigenvalue weighted by Crippen LogP contribution is -2.06. The molecule has 0 radical (unpaired) electrons. The van der Waals surface area contributed by atoms with E-state index >= 15 is 0 Å². The first-order valence-electron chi connectivity index (χ1n) is 11.0. The van der Waals surface area contributed by atoms with Gasteiger partial charge in [-0.2, -0.15) is 9.97 Å². The Hall–Kier alpha value is -4.57. The molecule has 154 valence electrons. The Kier molecular flexibility index (Phi) is 3.81. The fourth-order valence-corrected chi connectivity index (χ4v) is 4.73. The molecule has 0 saturated carbocycles. The number of rotatable bonds is 3. The van der Waals surface area contributed by atoms with E-state index in [-0.39, 0.29) is 0 Å². The second-order valence-corrected chi connectivity index (χ2v) is 8.17. The van der Waals surface area contributed by atoms with E-state index in [1.54, 1.807) is 0 Å². The quantitative estimate of drug-likeness (QED) is 0.291. The molecule has 4 nitrogen and oxygen atoms in total. The molecule has 4 heteroatoms. The molecule has 0 aliphatic rings. The first-order chi connectivity index (χ1) is 16.4. The maximum atomic E-state index is 4.97. The summed E-state index contributed by atoms with van der Waals surface area (Å²) in [5.74, 6) is 1.95. The average Bonchev–Trinajstić information content (AvgIpc) is 3.24. The lowest BCUT2D eigenvalue weighted by Gasteiger charge is -2.10. The zero-order valence-electron chi connectivity index (χ0n) is 17.7. The second kappa shape index (κ2) is 6.97. The average molecular weight is 422 g/mol. The van der Waals surface area contributed by atoms with Crippen LogP contribution in [-0.2, 0) is 0 Å². The molecule has 2 heterocycles. The predicted molar refractivity (Wildman–Crippen MR) is 134 cm³/mol. The third kappa shape index (κ3) is 2.74. The highest BCUT2D eigenvalue weighted by atomic mass is 15.2. The van der Waals surface area contributed by atoms with Crippen LogP contribution in [0, 0.1) is 0 Å². The van der Waals surface area contributed by atoms with Crippen molar-refractivity contribution in [2.24, 2.45) is 0 Å². The van der Waals surface area contributed by atoms with Gasteiger partial charge in [-0.1, -0.05) is 97.1 Å². The first-order valence-corrected chi connectivity index (χ1v) is 11.0. The van der Waals surface area contributed by atoms with Gasteiger partial charge < -0.3 is 0 Å². The molecule has 0 N–H and O–H groups in total. The van der Waals surface area contributed by atoms with Crippen molar-refractivity contribution in [3.63, 3.8) is 0 Å². The highest BCUT2D eigenvalue weighted by Crippen LogP contribution is 2.38. The molecular weight excluding hydrogens is 404 g/mol. The molecule has 7 aromatic rings. The molecule has 7 rings (SSSR count). The standard InChI is InChI=1S/C29H18N4/c1-3-9-21(10-4-1)27-30-28(22-11-5-2-6-12-22)32-29(31-27)33-23-15-7-13-19-17-18-20-14-8-16-24(33)26(20)25(19)23/h1-18H. The fourth-order valence-electron chi connectivity index (χ4n) is 4.73. The van der Waals surface area contributed by atoms with Crippen molar-refractivity contribution in [2.45, 2.75) is 0 Å². The van der Waals surface area contributed by atoms with Crippen molar-refractivity contribution in [2.75, 3.05) is 0 Å². The van der Waals surface area contributed by atoms with Crippen molar-refractivity contribution >= 4 is 32.6 Å². The number of nitrogens with zero attached hydrogens (tertiary/aromatic N) is 4. The molecule has 0 aliphatic heterocycles. The number of aromatic nitrogens is 4. The van der Waals surface area contributed by atoms with E-state index in [0.717, 1.165) is 22.2 Å².